The number of piperazine rings is 1. The Labute approximate surface area is 104 Å². The second kappa shape index (κ2) is 6.33. The van der Waals surface area contributed by atoms with E-state index in [2.05, 4.69) is 17.3 Å². The molecule has 5 nitrogen and oxygen atoms in total. The summed E-state index contributed by atoms with van der Waals surface area (Å²) in [6.07, 6.45) is 0.805. The van der Waals surface area contributed by atoms with Gasteiger partial charge in [-0.15, -0.1) is 0 Å². The van der Waals surface area contributed by atoms with Crippen LogP contribution >= 0.6 is 0 Å². The van der Waals surface area contributed by atoms with Gasteiger partial charge in [0.05, 0.1) is 13.2 Å². The van der Waals surface area contributed by atoms with Crippen molar-refractivity contribution in [3.05, 3.63) is 0 Å². The quantitative estimate of drug-likeness (QED) is 0.684. The van der Waals surface area contributed by atoms with Crippen LogP contribution in [-0.2, 0) is 4.79 Å². The van der Waals surface area contributed by atoms with Crippen molar-refractivity contribution in [1.29, 1.82) is 0 Å². The van der Waals surface area contributed by atoms with E-state index in [1.807, 2.05) is 18.7 Å². The molecular weight excluding hydrogens is 218 g/mol. The maximum absolute atomic E-state index is 11.9. The topological polar surface area (TPSA) is 55.8 Å². The number of carbonyl (C=O) groups is 1. The third kappa shape index (κ3) is 4.26. The van der Waals surface area contributed by atoms with Crippen LogP contribution < -0.4 is 5.32 Å². The van der Waals surface area contributed by atoms with Gasteiger partial charge in [-0.25, -0.2) is 0 Å². The molecule has 1 unspecified atom stereocenters. The van der Waals surface area contributed by atoms with Gasteiger partial charge in [-0.1, -0.05) is 6.92 Å². The molecule has 0 aromatic rings. The van der Waals surface area contributed by atoms with E-state index in [1.165, 1.54) is 0 Å². The fourth-order valence-corrected chi connectivity index (χ4v) is 1.75. The van der Waals surface area contributed by atoms with Crippen molar-refractivity contribution >= 4 is 5.91 Å². The summed E-state index contributed by atoms with van der Waals surface area (Å²) in [5.74, 6) is 0.131. The molecule has 0 aliphatic carbocycles. The van der Waals surface area contributed by atoms with Crippen molar-refractivity contribution < 1.29 is 9.90 Å². The molecule has 1 saturated heterocycles. The van der Waals surface area contributed by atoms with E-state index in [-0.39, 0.29) is 18.1 Å². The Bertz CT molecular complexity index is 246. The number of nitrogens with zero attached hydrogens (tertiary/aromatic N) is 2. The standard InChI is InChI=1S/C12H25N3O2/c1-4-12(2,10-16)13-9-11(17)15-7-5-14(3)6-8-15/h13,16H,4-10H2,1-3H3. The third-order valence-corrected chi connectivity index (χ3v) is 3.65. The number of carbonyl (C=O) groups excluding carboxylic acids is 1. The predicted molar refractivity (Wildman–Crippen MR) is 67.9 cm³/mol. The SMILES string of the molecule is CCC(C)(CO)NCC(=O)N1CCN(C)CC1. The smallest absolute Gasteiger partial charge is 0.236 e. The summed E-state index contributed by atoms with van der Waals surface area (Å²) < 4.78 is 0. The first-order valence-electron chi connectivity index (χ1n) is 6.33. The average Bonchev–Trinajstić information content (AvgIpc) is 2.36. The summed E-state index contributed by atoms with van der Waals surface area (Å²) in [6.45, 7) is 7.80. The highest BCUT2D eigenvalue weighted by Gasteiger charge is 2.24. The molecule has 5 heteroatoms. The molecule has 0 spiro atoms. The van der Waals surface area contributed by atoms with Crippen LogP contribution in [0.1, 0.15) is 20.3 Å². The average molecular weight is 243 g/mol. The highest BCUT2D eigenvalue weighted by atomic mass is 16.3. The zero-order valence-electron chi connectivity index (χ0n) is 11.2. The number of hydrogen-bond donors (Lipinski definition) is 2. The molecule has 0 radical (unpaired) electrons. The van der Waals surface area contributed by atoms with Gasteiger partial charge in [-0.3, -0.25) is 4.79 Å². The van der Waals surface area contributed by atoms with Crippen LogP contribution in [0.4, 0.5) is 0 Å². The summed E-state index contributed by atoms with van der Waals surface area (Å²) in [4.78, 5) is 16.1. The first-order chi connectivity index (χ1) is 8.00. The molecule has 1 aliphatic heterocycles. The lowest BCUT2D eigenvalue weighted by Crippen LogP contribution is -2.53. The lowest BCUT2D eigenvalue weighted by molar-refractivity contribution is -0.132. The minimum absolute atomic E-state index is 0.0551. The summed E-state index contributed by atoms with van der Waals surface area (Å²) in [5, 5.41) is 12.4. The number of nitrogens with one attached hydrogen (secondary N) is 1. The van der Waals surface area contributed by atoms with E-state index in [1.54, 1.807) is 0 Å². The van der Waals surface area contributed by atoms with Crippen LogP contribution in [-0.4, -0.2) is 72.7 Å². The molecule has 1 fully saturated rings. The monoisotopic (exact) mass is 243 g/mol. The molecule has 1 atom stereocenters. The van der Waals surface area contributed by atoms with Crippen molar-refractivity contribution in [3.63, 3.8) is 0 Å². The van der Waals surface area contributed by atoms with Gasteiger partial charge < -0.3 is 20.2 Å². The number of hydrogen-bond acceptors (Lipinski definition) is 4. The van der Waals surface area contributed by atoms with Crippen LogP contribution in [0.2, 0.25) is 0 Å². The summed E-state index contributed by atoms with van der Waals surface area (Å²) in [6, 6.07) is 0. The Balaban J connectivity index is 2.34. The molecule has 0 bridgehead atoms. The van der Waals surface area contributed by atoms with Crippen molar-refractivity contribution in [2.75, 3.05) is 46.4 Å². The zero-order valence-corrected chi connectivity index (χ0v) is 11.2. The van der Waals surface area contributed by atoms with Crippen molar-refractivity contribution in [3.8, 4) is 0 Å². The molecular formula is C12H25N3O2. The minimum atomic E-state index is -0.345. The van der Waals surface area contributed by atoms with E-state index in [0.29, 0.717) is 6.54 Å². The Hall–Kier alpha value is -0.650. The Morgan fingerprint density at radius 3 is 2.41 bits per heavy atom. The second-order valence-corrected chi connectivity index (χ2v) is 5.11. The van der Waals surface area contributed by atoms with Crippen molar-refractivity contribution in [2.45, 2.75) is 25.8 Å². The van der Waals surface area contributed by atoms with E-state index in [0.717, 1.165) is 32.6 Å². The molecule has 1 aliphatic rings. The van der Waals surface area contributed by atoms with Gasteiger partial charge in [0.25, 0.3) is 0 Å². The molecule has 2 N–H and O–H groups in total. The van der Waals surface area contributed by atoms with Gasteiger partial charge in [-0.05, 0) is 20.4 Å². The van der Waals surface area contributed by atoms with Gasteiger partial charge in [0, 0.05) is 31.7 Å². The molecule has 17 heavy (non-hydrogen) atoms. The highest BCUT2D eigenvalue weighted by Crippen LogP contribution is 2.07. The molecule has 1 heterocycles. The Morgan fingerprint density at radius 2 is 1.94 bits per heavy atom. The van der Waals surface area contributed by atoms with Crippen LogP contribution in [0.3, 0.4) is 0 Å². The van der Waals surface area contributed by atoms with Crippen LogP contribution in [0.15, 0.2) is 0 Å². The highest BCUT2D eigenvalue weighted by molar-refractivity contribution is 5.78. The maximum atomic E-state index is 11.9. The lowest BCUT2D eigenvalue weighted by atomic mass is 10.0. The summed E-state index contributed by atoms with van der Waals surface area (Å²) >= 11 is 0. The number of aliphatic hydroxyl groups is 1. The van der Waals surface area contributed by atoms with E-state index < -0.39 is 0 Å². The fourth-order valence-electron chi connectivity index (χ4n) is 1.75. The molecule has 0 saturated carbocycles. The summed E-state index contributed by atoms with van der Waals surface area (Å²) in [7, 11) is 2.07. The van der Waals surface area contributed by atoms with Gasteiger partial charge >= 0.3 is 0 Å². The zero-order chi connectivity index (χ0) is 12.9. The number of amides is 1. The van der Waals surface area contributed by atoms with Gasteiger partial charge in [0.2, 0.25) is 5.91 Å². The predicted octanol–water partition coefficient (Wildman–Crippen LogP) is -0.489. The van der Waals surface area contributed by atoms with Gasteiger partial charge in [0.15, 0.2) is 0 Å². The molecule has 1 rings (SSSR count). The fraction of sp³-hybridized carbons (Fsp3) is 0.917. The van der Waals surface area contributed by atoms with Crippen LogP contribution in [0.25, 0.3) is 0 Å². The van der Waals surface area contributed by atoms with Crippen molar-refractivity contribution in [2.24, 2.45) is 0 Å². The lowest BCUT2D eigenvalue weighted by Gasteiger charge is -2.34. The van der Waals surface area contributed by atoms with Gasteiger partial charge in [-0.2, -0.15) is 0 Å². The second-order valence-electron chi connectivity index (χ2n) is 5.11. The number of rotatable bonds is 5. The van der Waals surface area contributed by atoms with Crippen molar-refractivity contribution in [1.82, 2.24) is 15.1 Å². The number of aliphatic hydroxyl groups excluding tert-OH is 1. The number of likely N-dealkylation sites (N-methyl/N-ethyl adjacent to an activating group) is 1. The normalized spacial score (nSPS) is 21.3. The van der Waals surface area contributed by atoms with E-state index in [4.69, 9.17) is 0 Å². The largest absolute Gasteiger partial charge is 0.394 e. The molecule has 0 aromatic carbocycles. The van der Waals surface area contributed by atoms with Gasteiger partial charge in [0.1, 0.15) is 0 Å². The van der Waals surface area contributed by atoms with E-state index in [9.17, 15) is 9.90 Å². The Kier molecular flexibility index (Phi) is 5.36. The van der Waals surface area contributed by atoms with Crippen LogP contribution in [0, 0.1) is 0 Å². The minimum Gasteiger partial charge on any atom is -0.394 e. The van der Waals surface area contributed by atoms with Crippen LogP contribution in [0.5, 0.6) is 0 Å². The first kappa shape index (κ1) is 14.4. The molecule has 0 aromatic heterocycles. The molecule has 100 valence electrons. The Morgan fingerprint density at radius 1 is 1.35 bits per heavy atom. The van der Waals surface area contributed by atoms with E-state index >= 15 is 0 Å². The summed E-state index contributed by atoms with van der Waals surface area (Å²) in [5.41, 5.74) is -0.345. The first-order valence-corrected chi connectivity index (χ1v) is 6.33. The molecule has 1 amide bonds. The maximum Gasteiger partial charge on any atom is 0.236 e. The third-order valence-electron chi connectivity index (χ3n) is 3.65.